The van der Waals surface area contributed by atoms with Crippen LogP contribution < -0.4 is 30.1 Å². The number of benzene rings is 1. The maximum atomic E-state index is 15.4. The molecule has 17 heteroatoms. The second-order valence-corrected chi connectivity index (χ2v) is 21.5. The minimum atomic E-state index is -4.03. The van der Waals surface area contributed by atoms with Crippen LogP contribution in [0.5, 0.6) is 11.6 Å². The van der Waals surface area contributed by atoms with E-state index in [2.05, 4.69) is 27.3 Å². The van der Waals surface area contributed by atoms with Crippen molar-refractivity contribution < 1.29 is 46.2 Å². The van der Waals surface area contributed by atoms with E-state index in [1.54, 1.807) is 6.92 Å². The fraction of sp³-hybridized carbons (Fsp3) is 0.674. The number of hydrogen-bond donors (Lipinski definition) is 4. The Hall–Kier alpha value is -4.51. The number of alkyl halides is 1. The van der Waals surface area contributed by atoms with Crippen LogP contribution in [0.25, 0.3) is 10.9 Å². The number of alkyl carbamates (subject to hydrolysis) is 1. The first kappa shape index (κ1) is 43.7. The van der Waals surface area contributed by atoms with Crippen LogP contribution in [-0.4, -0.2) is 109 Å². The van der Waals surface area contributed by atoms with Crippen molar-refractivity contribution in [1.82, 2.24) is 30.6 Å². The van der Waals surface area contributed by atoms with Crippen LogP contribution in [0.1, 0.15) is 109 Å². The highest BCUT2D eigenvalue weighted by Gasteiger charge is 2.63. The maximum Gasteiger partial charge on any atom is 0.408 e. The number of ether oxygens (including phenoxy) is 3. The minimum absolute atomic E-state index is 0.000963. The summed E-state index contributed by atoms with van der Waals surface area (Å²) in [6.07, 6.45) is 8.25. The summed E-state index contributed by atoms with van der Waals surface area (Å²) in [7, 11) is -4.03. The lowest BCUT2D eigenvalue weighted by Gasteiger charge is -2.34. The Morgan fingerprint density at radius 1 is 1.02 bits per heavy atom. The molecule has 1 aromatic carbocycles. The molecule has 0 radical (unpaired) electrons. The summed E-state index contributed by atoms with van der Waals surface area (Å²) in [6.45, 7) is 6.16. The Kier molecular flexibility index (Phi) is 12.1. The van der Waals surface area contributed by atoms with Gasteiger partial charge < -0.3 is 35.1 Å². The molecule has 15 nitrogen and oxygen atoms in total. The number of nitrogens with one attached hydrogen (secondary N) is 4. The van der Waals surface area contributed by atoms with Crippen molar-refractivity contribution in [2.75, 3.05) is 19.6 Å². The predicted molar refractivity (Wildman–Crippen MR) is 231 cm³/mol. The number of hydrogen-bond acceptors (Lipinski definition) is 11. The SMILES string of the molecule is C=C[C@H]1C[C@]1(NC(=O)[C@@H]1C[C@@H]2CN1C(=O)[C@H](C1CCCCC1)NC(=O)O[C@@H]1C[C@H]1CCCCCc1c(nc3ccccc3c1O[C@H]1CCNC[C@H]1F)O2)C(=O)NS(=O)(=O)C1(C)CC1. The highest BCUT2D eigenvalue weighted by Crippen LogP contribution is 2.48. The van der Waals surface area contributed by atoms with Gasteiger partial charge in [-0.15, -0.1) is 6.58 Å². The van der Waals surface area contributed by atoms with Crippen LogP contribution in [0.3, 0.4) is 0 Å². The molecule has 2 bridgehead atoms. The van der Waals surface area contributed by atoms with E-state index < -0.39 is 80.5 Å². The fourth-order valence-corrected chi connectivity index (χ4v) is 11.6. The van der Waals surface area contributed by atoms with Gasteiger partial charge in [0.1, 0.15) is 47.9 Å². The molecule has 7 aliphatic rings. The number of fused-ring (bicyclic) bond motifs is 5. The summed E-state index contributed by atoms with van der Waals surface area (Å²) in [5, 5.41) is 9.64. The first-order valence-corrected chi connectivity index (χ1v) is 24.7. The van der Waals surface area contributed by atoms with Crippen LogP contribution in [0.2, 0.25) is 0 Å². The van der Waals surface area contributed by atoms with Crippen molar-refractivity contribution in [1.29, 1.82) is 0 Å². The average Bonchev–Trinajstić information content (AvgIpc) is 4.23. The number of carbonyl (C=O) groups excluding carboxylic acids is 4. The van der Waals surface area contributed by atoms with Crippen molar-refractivity contribution in [3.63, 3.8) is 0 Å². The molecule has 9 atom stereocenters. The zero-order valence-corrected chi connectivity index (χ0v) is 36.9. The molecule has 0 spiro atoms. The smallest absolute Gasteiger partial charge is 0.408 e. The van der Waals surface area contributed by atoms with E-state index in [0.717, 1.165) is 56.8 Å². The summed E-state index contributed by atoms with van der Waals surface area (Å²) in [6, 6.07) is 5.36. The lowest BCUT2D eigenvalue weighted by Crippen LogP contribution is -2.59. The zero-order chi connectivity index (χ0) is 44.1. The minimum Gasteiger partial charge on any atom is -0.486 e. The van der Waals surface area contributed by atoms with E-state index in [4.69, 9.17) is 19.2 Å². The third kappa shape index (κ3) is 8.97. The number of aromatic nitrogens is 1. The number of para-hydroxylation sites is 1. The van der Waals surface area contributed by atoms with Crippen LogP contribution in [0, 0.1) is 17.8 Å². The standard InChI is InChI=1S/C46H61FN6O9S/c1-3-29-24-46(29,43(56)52-63(58,59)45(2)19-20-45)51-40(54)35-23-30-26-53(35)42(55)38(27-12-6-4-7-13-27)50-44(57)62-37-22-28(37)14-8-5-9-16-32-39(61-36-18-21-48-25-33(36)47)31-15-10-11-17-34(31)49-41(32)60-30/h3,10-11,15,17,27-30,33,35-38,48H,1,4-9,12-14,16,18-26H2,2H3,(H,50,57)(H,51,54)(H,52,56)/t28-,29+,30-,33-,35+,36+,37-,38+,46-/m1/s1. The second kappa shape index (κ2) is 17.5. The first-order chi connectivity index (χ1) is 30.3. The van der Waals surface area contributed by atoms with Gasteiger partial charge in [-0.2, -0.15) is 0 Å². The largest absolute Gasteiger partial charge is 0.486 e. The maximum absolute atomic E-state index is 15.4. The number of amides is 4. The van der Waals surface area contributed by atoms with Crippen LogP contribution in [-0.2, 0) is 35.6 Å². The Morgan fingerprint density at radius 3 is 2.49 bits per heavy atom. The summed E-state index contributed by atoms with van der Waals surface area (Å²) < 4.78 is 62.4. The van der Waals surface area contributed by atoms with Gasteiger partial charge in [0.15, 0.2) is 0 Å². The van der Waals surface area contributed by atoms with Gasteiger partial charge >= 0.3 is 6.09 Å². The molecule has 4 heterocycles. The van der Waals surface area contributed by atoms with Crippen molar-refractivity contribution in [3.8, 4) is 11.6 Å². The van der Waals surface area contributed by atoms with Crippen molar-refractivity contribution in [2.45, 2.75) is 157 Å². The van der Waals surface area contributed by atoms with E-state index in [1.165, 1.54) is 11.0 Å². The summed E-state index contributed by atoms with van der Waals surface area (Å²) >= 11 is 0. The monoisotopic (exact) mass is 892 g/mol. The molecule has 2 saturated heterocycles. The van der Waals surface area contributed by atoms with Crippen molar-refractivity contribution in [2.24, 2.45) is 17.8 Å². The number of halogens is 1. The third-order valence-corrected chi connectivity index (χ3v) is 17.0. The third-order valence-electron chi connectivity index (χ3n) is 14.8. The molecule has 3 aliphatic heterocycles. The molecule has 342 valence electrons. The summed E-state index contributed by atoms with van der Waals surface area (Å²) in [5.74, 6) is -1.70. The van der Waals surface area contributed by atoms with Crippen molar-refractivity contribution >= 4 is 44.7 Å². The lowest BCUT2D eigenvalue weighted by atomic mass is 9.83. The second-order valence-electron chi connectivity index (χ2n) is 19.3. The Balaban J connectivity index is 1.07. The van der Waals surface area contributed by atoms with Gasteiger partial charge in [0.25, 0.3) is 5.91 Å². The van der Waals surface area contributed by atoms with E-state index in [1.807, 2.05) is 24.3 Å². The molecule has 0 unspecified atom stereocenters. The van der Waals surface area contributed by atoms with Gasteiger partial charge in [-0.3, -0.25) is 19.1 Å². The van der Waals surface area contributed by atoms with Gasteiger partial charge in [0, 0.05) is 24.3 Å². The molecule has 4 amide bonds. The molecule has 63 heavy (non-hydrogen) atoms. The number of rotatable bonds is 9. The Labute approximate surface area is 368 Å². The molecular formula is C46H61FN6O9S. The summed E-state index contributed by atoms with van der Waals surface area (Å²) in [5.41, 5.74) is -0.311. The highest BCUT2D eigenvalue weighted by atomic mass is 32.2. The highest BCUT2D eigenvalue weighted by molar-refractivity contribution is 7.91. The topological polar surface area (TPSA) is 194 Å². The van der Waals surface area contributed by atoms with Gasteiger partial charge in [0.05, 0.1) is 22.4 Å². The normalized spacial score (nSPS) is 33.5. The fourth-order valence-electron chi connectivity index (χ4n) is 10.3. The van der Waals surface area contributed by atoms with Gasteiger partial charge in [0.2, 0.25) is 27.7 Å². The average molecular weight is 893 g/mol. The quantitative estimate of drug-likeness (QED) is 0.250. The number of carbonyl (C=O) groups is 4. The number of pyridine rings is 1. The van der Waals surface area contributed by atoms with Gasteiger partial charge in [-0.25, -0.2) is 22.6 Å². The summed E-state index contributed by atoms with van der Waals surface area (Å²) in [4.78, 5) is 63.7. The van der Waals surface area contributed by atoms with Crippen molar-refractivity contribution in [3.05, 3.63) is 42.5 Å². The molecule has 4 N–H and O–H groups in total. The molecule has 6 fully saturated rings. The van der Waals surface area contributed by atoms with E-state index in [-0.39, 0.29) is 49.8 Å². The molecule has 4 aliphatic carbocycles. The molecule has 2 aromatic rings. The van der Waals surface area contributed by atoms with Gasteiger partial charge in [-0.1, -0.05) is 50.3 Å². The zero-order valence-electron chi connectivity index (χ0n) is 36.1. The molecular weight excluding hydrogens is 832 g/mol. The van der Waals surface area contributed by atoms with E-state index in [9.17, 15) is 22.8 Å². The van der Waals surface area contributed by atoms with Crippen LogP contribution in [0.15, 0.2) is 36.9 Å². The molecule has 1 aromatic heterocycles. The lowest BCUT2D eigenvalue weighted by molar-refractivity contribution is -0.142. The van der Waals surface area contributed by atoms with E-state index in [0.29, 0.717) is 61.9 Å². The van der Waals surface area contributed by atoms with Crippen LogP contribution in [0.4, 0.5) is 9.18 Å². The molecule has 4 saturated carbocycles. The van der Waals surface area contributed by atoms with Crippen LogP contribution >= 0.6 is 0 Å². The Morgan fingerprint density at radius 2 is 1.76 bits per heavy atom. The predicted octanol–water partition coefficient (Wildman–Crippen LogP) is 4.90. The number of sulfonamides is 1. The Bertz CT molecular complexity index is 2240. The number of piperidine rings is 1. The van der Waals surface area contributed by atoms with Gasteiger partial charge in [-0.05, 0) is 102 Å². The van der Waals surface area contributed by atoms with E-state index >= 15 is 9.18 Å². The molecule has 9 rings (SSSR count). The first-order valence-electron chi connectivity index (χ1n) is 23.2. The number of nitrogens with zero attached hydrogens (tertiary/aromatic N) is 2.